The highest BCUT2D eigenvalue weighted by Gasteiger charge is 2.27. The minimum absolute atomic E-state index is 0.571. The molecule has 0 spiro atoms. The van der Waals surface area contributed by atoms with Crippen LogP contribution in [-0.4, -0.2) is 45.8 Å². The van der Waals surface area contributed by atoms with Gasteiger partial charge in [0, 0.05) is 55.3 Å². The van der Waals surface area contributed by atoms with E-state index in [-0.39, 0.29) is 0 Å². The van der Waals surface area contributed by atoms with Crippen LogP contribution in [0.3, 0.4) is 0 Å². The topological polar surface area (TPSA) is 81.8 Å². The summed E-state index contributed by atoms with van der Waals surface area (Å²) >= 11 is 0. The minimum Gasteiger partial charge on any atom is -0.351 e. The quantitative estimate of drug-likeness (QED) is 0.782. The maximum absolute atomic E-state index is 4.93. The highest BCUT2D eigenvalue weighted by molar-refractivity contribution is 5.55. The molecule has 1 aliphatic carbocycles. The van der Waals surface area contributed by atoms with Gasteiger partial charge in [-0.05, 0) is 25.8 Å². The number of aromatic nitrogens is 4. The van der Waals surface area contributed by atoms with E-state index < -0.39 is 0 Å². The fourth-order valence-corrected chi connectivity index (χ4v) is 3.66. The van der Waals surface area contributed by atoms with Gasteiger partial charge in [0.15, 0.2) is 0 Å². The van der Waals surface area contributed by atoms with Crippen molar-refractivity contribution in [1.82, 2.24) is 25.5 Å². The highest BCUT2D eigenvalue weighted by atomic mass is 15.3. The Morgan fingerprint density at radius 3 is 2.96 bits per heavy atom. The van der Waals surface area contributed by atoms with Crippen molar-refractivity contribution in [1.29, 1.82) is 0 Å². The van der Waals surface area contributed by atoms with Crippen molar-refractivity contribution >= 4 is 11.8 Å². The van der Waals surface area contributed by atoms with Gasteiger partial charge >= 0.3 is 0 Å². The number of hydrogen-bond donors (Lipinski definition) is 3. The molecular weight excluding hydrogens is 302 g/mol. The molecule has 2 aromatic heterocycles. The Balaban J connectivity index is 1.53. The van der Waals surface area contributed by atoms with Crippen LogP contribution in [0.4, 0.5) is 11.8 Å². The van der Waals surface area contributed by atoms with Gasteiger partial charge in [-0.3, -0.25) is 5.10 Å². The van der Waals surface area contributed by atoms with E-state index >= 15 is 0 Å². The van der Waals surface area contributed by atoms with E-state index in [1.807, 2.05) is 6.20 Å². The standard InChI is InChI=1S/C17H23N7/c1-2-12(1)20-17-21-15-4-7-18-6-3-13(15)16(22-17)24-8-5-14-11(10-24)9-19-23-14/h9,12,18H,1-8,10H2,(H,19,23)(H,20,21,22). The summed E-state index contributed by atoms with van der Waals surface area (Å²) in [5.41, 5.74) is 5.10. The first-order valence-electron chi connectivity index (χ1n) is 9.00. The van der Waals surface area contributed by atoms with Crippen LogP contribution in [-0.2, 0) is 25.8 Å². The lowest BCUT2D eigenvalue weighted by Gasteiger charge is -2.30. The van der Waals surface area contributed by atoms with Gasteiger partial charge in [-0.2, -0.15) is 10.1 Å². The summed E-state index contributed by atoms with van der Waals surface area (Å²) in [5, 5.41) is 14.3. The number of anilines is 2. The van der Waals surface area contributed by atoms with Crippen LogP contribution in [0.15, 0.2) is 6.20 Å². The lowest BCUT2D eigenvalue weighted by atomic mass is 10.1. The monoisotopic (exact) mass is 325 g/mol. The van der Waals surface area contributed by atoms with Gasteiger partial charge in [0.2, 0.25) is 5.95 Å². The number of aromatic amines is 1. The normalized spacial score (nSPS) is 20.2. The summed E-state index contributed by atoms with van der Waals surface area (Å²) in [6, 6.07) is 0.571. The van der Waals surface area contributed by atoms with Crippen LogP contribution in [0, 0.1) is 0 Å². The van der Waals surface area contributed by atoms with Crippen molar-refractivity contribution in [3.63, 3.8) is 0 Å². The fourth-order valence-electron chi connectivity index (χ4n) is 3.66. The Morgan fingerprint density at radius 1 is 1.12 bits per heavy atom. The Morgan fingerprint density at radius 2 is 2.04 bits per heavy atom. The average molecular weight is 325 g/mol. The third-order valence-corrected chi connectivity index (χ3v) is 5.17. The molecule has 0 saturated heterocycles. The van der Waals surface area contributed by atoms with E-state index in [0.717, 1.165) is 57.2 Å². The molecule has 0 bridgehead atoms. The SMILES string of the molecule is c1n[nH]c2c1CN(c1nc(NC3CC3)nc3c1CCNCC3)CC2. The molecule has 1 fully saturated rings. The first-order chi connectivity index (χ1) is 11.9. The molecule has 3 aliphatic rings. The van der Waals surface area contributed by atoms with E-state index in [1.54, 1.807) is 0 Å². The van der Waals surface area contributed by atoms with E-state index in [2.05, 4.69) is 25.7 Å². The molecule has 7 nitrogen and oxygen atoms in total. The Hall–Kier alpha value is -2.15. The number of rotatable bonds is 3. The Bertz CT molecular complexity index is 749. The molecule has 7 heteroatoms. The number of hydrogen-bond acceptors (Lipinski definition) is 6. The van der Waals surface area contributed by atoms with E-state index in [4.69, 9.17) is 9.97 Å². The summed E-state index contributed by atoms with van der Waals surface area (Å²) in [6.07, 6.45) is 7.40. The molecule has 0 aromatic carbocycles. The summed E-state index contributed by atoms with van der Waals surface area (Å²) in [6.45, 7) is 3.86. The summed E-state index contributed by atoms with van der Waals surface area (Å²) in [7, 11) is 0. The van der Waals surface area contributed by atoms with Crippen molar-refractivity contribution in [3.05, 3.63) is 28.7 Å². The first kappa shape index (κ1) is 14.2. The zero-order chi connectivity index (χ0) is 15.9. The van der Waals surface area contributed by atoms with E-state index in [9.17, 15) is 0 Å². The van der Waals surface area contributed by atoms with Gasteiger partial charge in [0.1, 0.15) is 5.82 Å². The van der Waals surface area contributed by atoms with Crippen molar-refractivity contribution in [2.75, 3.05) is 29.9 Å². The van der Waals surface area contributed by atoms with Crippen LogP contribution < -0.4 is 15.5 Å². The van der Waals surface area contributed by atoms with Crippen LogP contribution in [0.5, 0.6) is 0 Å². The third kappa shape index (κ3) is 2.62. The Labute approximate surface area is 141 Å². The van der Waals surface area contributed by atoms with Crippen molar-refractivity contribution in [2.24, 2.45) is 0 Å². The van der Waals surface area contributed by atoms with Crippen LogP contribution in [0.25, 0.3) is 0 Å². The predicted octanol–water partition coefficient (Wildman–Crippen LogP) is 1.02. The summed E-state index contributed by atoms with van der Waals surface area (Å²) in [4.78, 5) is 12.2. The maximum Gasteiger partial charge on any atom is 0.225 e. The van der Waals surface area contributed by atoms with E-state index in [0.29, 0.717) is 6.04 Å². The highest BCUT2D eigenvalue weighted by Crippen LogP contribution is 2.30. The van der Waals surface area contributed by atoms with Crippen molar-refractivity contribution < 1.29 is 0 Å². The molecule has 2 aliphatic heterocycles. The summed E-state index contributed by atoms with van der Waals surface area (Å²) in [5.74, 6) is 1.94. The third-order valence-electron chi connectivity index (χ3n) is 5.17. The average Bonchev–Trinajstić information content (AvgIpc) is 3.33. The van der Waals surface area contributed by atoms with Crippen LogP contribution in [0.1, 0.15) is 35.4 Å². The molecule has 126 valence electrons. The van der Waals surface area contributed by atoms with Gasteiger partial charge in [-0.15, -0.1) is 0 Å². The van der Waals surface area contributed by atoms with Gasteiger partial charge in [-0.1, -0.05) is 0 Å². The molecule has 0 unspecified atom stereocenters. The molecule has 2 aromatic rings. The van der Waals surface area contributed by atoms with Crippen molar-refractivity contribution in [3.8, 4) is 0 Å². The molecule has 3 N–H and O–H groups in total. The molecule has 24 heavy (non-hydrogen) atoms. The number of nitrogens with one attached hydrogen (secondary N) is 3. The zero-order valence-corrected chi connectivity index (χ0v) is 13.8. The van der Waals surface area contributed by atoms with Gasteiger partial charge in [0.25, 0.3) is 0 Å². The second-order valence-electron chi connectivity index (χ2n) is 7.01. The van der Waals surface area contributed by atoms with Gasteiger partial charge in [-0.25, -0.2) is 4.98 Å². The number of fused-ring (bicyclic) bond motifs is 2. The maximum atomic E-state index is 4.93. The smallest absolute Gasteiger partial charge is 0.225 e. The van der Waals surface area contributed by atoms with Crippen LogP contribution in [0.2, 0.25) is 0 Å². The Kier molecular flexibility index (Phi) is 3.40. The van der Waals surface area contributed by atoms with Crippen molar-refractivity contribution in [2.45, 2.75) is 44.7 Å². The van der Waals surface area contributed by atoms with Gasteiger partial charge < -0.3 is 15.5 Å². The predicted molar refractivity (Wildman–Crippen MR) is 92.3 cm³/mol. The molecule has 0 atom stereocenters. The molecule has 4 heterocycles. The minimum atomic E-state index is 0.571. The fraction of sp³-hybridized carbons (Fsp3) is 0.588. The first-order valence-corrected chi connectivity index (χ1v) is 9.00. The lowest BCUT2D eigenvalue weighted by Crippen LogP contribution is -2.32. The molecule has 5 rings (SSSR count). The molecule has 1 saturated carbocycles. The molecule has 0 radical (unpaired) electrons. The largest absolute Gasteiger partial charge is 0.351 e. The zero-order valence-electron chi connectivity index (χ0n) is 13.8. The second kappa shape index (κ2) is 5.73. The van der Waals surface area contributed by atoms with Crippen LogP contribution >= 0.6 is 0 Å². The number of nitrogens with zero attached hydrogens (tertiary/aromatic N) is 4. The van der Waals surface area contributed by atoms with E-state index in [1.165, 1.54) is 35.4 Å². The molecular formula is C17H23N7. The van der Waals surface area contributed by atoms with Gasteiger partial charge in [0.05, 0.1) is 11.9 Å². The lowest BCUT2D eigenvalue weighted by molar-refractivity contribution is 0.696. The molecule has 0 amide bonds. The summed E-state index contributed by atoms with van der Waals surface area (Å²) < 4.78 is 0. The second-order valence-corrected chi connectivity index (χ2v) is 7.01. The number of H-pyrrole nitrogens is 1.